The molecular formula is C35H52N2Pd. The van der Waals surface area contributed by atoms with Crippen LogP contribution in [0, 0.1) is 6.92 Å². The van der Waals surface area contributed by atoms with Gasteiger partial charge in [-0.05, 0) is 62.4 Å². The van der Waals surface area contributed by atoms with Gasteiger partial charge in [0.15, 0.2) is 0 Å². The Balaban J connectivity index is 0.000000391. The van der Waals surface area contributed by atoms with Crippen molar-refractivity contribution in [2.75, 3.05) is 0 Å². The van der Waals surface area contributed by atoms with E-state index >= 15 is 0 Å². The quantitative estimate of drug-likeness (QED) is 0.103. The summed E-state index contributed by atoms with van der Waals surface area (Å²) in [5, 5.41) is 0. The van der Waals surface area contributed by atoms with E-state index in [1.54, 1.807) is 0 Å². The molecule has 3 heteroatoms. The zero-order chi connectivity index (χ0) is 27.6. The van der Waals surface area contributed by atoms with E-state index < -0.39 is 0 Å². The second-order valence-corrected chi connectivity index (χ2v) is 12.7. The number of aryl methyl sites for hydroxylation is 2. The fourth-order valence-corrected chi connectivity index (χ4v) is 6.40. The number of hydrogen-bond acceptors (Lipinski definition) is 0. The second-order valence-electron chi connectivity index (χ2n) is 10.4. The number of hydrogen-bond donors (Lipinski definition) is 0. The predicted molar refractivity (Wildman–Crippen MR) is 163 cm³/mol. The van der Waals surface area contributed by atoms with Crippen molar-refractivity contribution in [3.63, 3.8) is 0 Å². The first-order valence-corrected chi connectivity index (χ1v) is 17.3. The topological polar surface area (TPSA) is 25.3 Å². The van der Waals surface area contributed by atoms with Crippen molar-refractivity contribution in [3.05, 3.63) is 88.0 Å². The molecule has 38 heavy (non-hydrogen) atoms. The van der Waals surface area contributed by atoms with Crippen LogP contribution in [0.15, 0.2) is 60.2 Å². The fraction of sp³-hybridized carbons (Fsp3) is 0.543. The van der Waals surface area contributed by atoms with E-state index in [0.29, 0.717) is 0 Å². The normalized spacial score (nSPS) is 13.1. The third kappa shape index (κ3) is 11.1. The van der Waals surface area contributed by atoms with Gasteiger partial charge < -0.3 is 5.53 Å². The maximum absolute atomic E-state index is 11.0. The first-order chi connectivity index (χ1) is 18.5. The molecule has 0 saturated carbocycles. The molecule has 1 aliphatic heterocycles. The van der Waals surface area contributed by atoms with Gasteiger partial charge in [0.25, 0.3) is 0 Å². The van der Waals surface area contributed by atoms with Crippen molar-refractivity contribution >= 4 is 11.4 Å². The molecule has 2 aromatic rings. The third-order valence-electron chi connectivity index (χ3n) is 6.90. The molecule has 0 atom stereocenters. The van der Waals surface area contributed by atoms with Gasteiger partial charge in [-0.25, -0.2) is 4.70 Å². The van der Waals surface area contributed by atoms with E-state index in [9.17, 15) is 5.53 Å². The molecule has 3 rings (SSSR count). The van der Waals surface area contributed by atoms with Crippen LogP contribution >= 0.6 is 0 Å². The van der Waals surface area contributed by atoms with Gasteiger partial charge in [-0.3, -0.25) is 0 Å². The molecule has 0 amide bonds. The summed E-state index contributed by atoms with van der Waals surface area (Å²) >= 11 is 1.08. The summed E-state index contributed by atoms with van der Waals surface area (Å²) in [7, 11) is 0. The van der Waals surface area contributed by atoms with E-state index in [-0.39, 0.29) is 0 Å². The molecule has 0 aliphatic carbocycles. The van der Waals surface area contributed by atoms with Crippen molar-refractivity contribution in [2.24, 2.45) is 0 Å². The molecule has 0 saturated heterocycles. The van der Waals surface area contributed by atoms with Crippen molar-refractivity contribution in [1.29, 1.82) is 0 Å². The molecule has 1 aliphatic rings. The van der Waals surface area contributed by atoms with Crippen LogP contribution in [-0.2, 0) is 24.4 Å². The van der Waals surface area contributed by atoms with Gasteiger partial charge in [0.2, 0.25) is 11.4 Å². The average Bonchev–Trinajstić information content (AvgIpc) is 3.27. The van der Waals surface area contributed by atoms with E-state index in [4.69, 9.17) is 0 Å². The number of rotatable bonds is 16. The van der Waals surface area contributed by atoms with Gasteiger partial charge >= 0.3 is 80.1 Å². The molecule has 0 bridgehead atoms. The van der Waals surface area contributed by atoms with Crippen LogP contribution in [0.5, 0.6) is 0 Å². The molecule has 0 radical (unpaired) electrons. The molecule has 0 fully saturated rings. The Labute approximate surface area is 242 Å². The van der Waals surface area contributed by atoms with Gasteiger partial charge in [-0.1, -0.05) is 56.5 Å². The van der Waals surface area contributed by atoms with Crippen LogP contribution in [0.2, 0.25) is 9.79 Å². The van der Waals surface area contributed by atoms with Gasteiger partial charge in [-0.15, -0.1) is 0 Å². The van der Waals surface area contributed by atoms with Gasteiger partial charge in [0.05, 0.1) is 0 Å². The van der Waals surface area contributed by atoms with Crippen LogP contribution in [-0.4, -0.2) is 4.70 Å². The Hall–Kier alpha value is -1.82. The average molecular weight is 607 g/mol. The second kappa shape index (κ2) is 19.3. The van der Waals surface area contributed by atoms with Crippen LogP contribution in [0.3, 0.4) is 0 Å². The van der Waals surface area contributed by atoms with Crippen LogP contribution in [0.25, 0.3) is 16.9 Å². The predicted octanol–water partition coefficient (Wildman–Crippen LogP) is 11.6. The van der Waals surface area contributed by atoms with E-state index in [1.165, 1.54) is 82.6 Å². The number of allylic oxidation sites excluding steroid dienone is 2. The Kier molecular flexibility index (Phi) is 16.4. The standard InChI is InChI=1S/C25H30N2.2C5H11.Pd/c1-4-6-8-20-12-16-22(17-13-20)25-23(9-7-5-2)18-24(27(25)26)21-14-10-19(3)11-15-21;2*1-3-5-4-2;/h10-18H,4-9H2,1-3H3;2*1,3-5H2,2H3;. The number of nitrogens with zero attached hydrogens (tertiary/aromatic N) is 2. The Morgan fingerprint density at radius 1 is 0.632 bits per heavy atom. The molecule has 1 heterocycles. The van der Waals surface area contributed by atoms with Crippen molar-refractivity contribution in [3.8, 4) is 0 Å². The minimum atomic E-state index is 0.867. The Bertz CT molecular complexity index is 991. The maximum atomic E-state index is 11.0. The van der Waals surface area contributed by atoms with Crippen molar-refractivity contribution in [1.82, 2.24) is 0 Å². The van der Waals surface area contributed by atoms with Crippen molar-refractivity contribution < 1.29 is 22.7 Å². The summed E-state index contributed by atoms with van der Waals surface area (Å²) in [6.45, 7) is 11.1. The molecule has 0 spiro atoms. The zero-order valence-corrected chi connectivity index (χ0v) is 26.4. The number of benzene rings is 2. The molecule has 2 nitrogen and oxygen atoms in total. The monoisotopic (exact) mass is 606 g/mol. The molecule has 212 valence electrons. The molecular weight excluding hydrogens is 555 g/mol. The Morgan fingerprint density at radius 2 is 1.16 bits per heavy atom. The third-order valence-corrected chi connectivity index (χ3v) is 9.10. The fourth-order valence-electron chi connectivity index (χ4n) is 4.45. The van der Waals surface area contributed by atoms with Crippen LogP contribution in [0.1, 0.15) is 121 Å². The summed E-state index contributed by atoms with van der Waals surface area (Å²) in [6.07, 6.45) is 17.6. The number of unbranched alkanes of at least 4 members (excludes halogenated alkanes) is 6. The first-order valence-electron chi connectivity index (χ1n) is 15.1. The van der Waals surface area contributed by atoms with Gasteiger partial charge in [-0.2, -0.15) is 0 Å². The Morgan fingerprint density at radius 3 is 1.71 bits per heavy atom. The summed E-state index contributed by atoms with van der Waals surface area (Å²) in [5.41, 5.74) is 18.8. The molecule has 2 aromatic carbocycles. The first kappa shape index (κ1) is 32.4. The van der Waals surface area contributed by atoms with E-state index in [1.807, 2.05) is 0 Å². The summed E-state index contributed by atoms with van der Waals surface area (Å²) in [4.78, 5) is 3.04. The van der Waals surface area contributed by atoms with Gasteiger partial charge in [0, 0.05) is 22.8 Å². The SMILES string of the molecule is CCCCC1=C(c2ccc(CCCC)cc2)[N+](=[N-])C(c2ccc(C)cc2)=C1.CCCC[CH2][Pd][CH2]CCCC. The zero-order valence-electron chi connectivity index (χ0n) is 24.8. The summed E-state index contributed by atoms with van der Waals surface area (Å²) < 4.78 is 1.39. The van der Waals surface area contributed by atoms with E-state index in [0.717, 1.165) is 66.2 Å². The van der Waals surface area contributed by atoms with E-state index in [2.05, 4.69) is 89.2 Å². The molecule has 0 N–H and O–H groups in total. The summed E-state index contributed by atoms with van der Waals surface area (Å²) in [5.74, 6) is 0. The summed E-state index contributed by atoms with van der Waals surface area (Å²) in [6, 6.07) is 17.1. The van der Waals surface area contributed by atoms with Crippen LogP contribution < -0.4 is 0 Å². The van der Waals surface area contributed by atoms with Gasteiger partial charge in [0.1, 0.15) is 0 Å². The van der Waals surface area contributed by atoms with Crippen molar-refractivity contribution in [2.45, 2.75) is 121 Å². The minimum absolute atomic E-state index is 0.867. The van der Waals surface area contributed by atoms with Crippen LogP contribution in [0.4, 0.5) is 0 Å². The molecule has 0 aromatic heterocycles. The molecule has 0 unspecified atom stereocenters.